The summed E-state index contributed by atoms with van der Waals surface area (Å²) in [5, 5.41) is 2.62. The summed E-state index contributed by atoms with van der Waals surface area (Å²) in [6.45, 7) is 11.3. The first-order chi connectivity index (χ1) is 27.6. The van der Waals surface area contributed by atoms with E-state index in [0.717, 1.165) is 115 Å². The third-order valence-corrected chi connectivity index (χ3v) is 16.3. The highest BCUT2D eigenvalue weighted by Gasteiger charge is 2.53. The fraction of sp³-hybridized carbons (Fsp3) is 0.636. The summed E-state index contributed by atoms with van der Waals surface area (Å²) in [4.78, 5) is 36.8. The van der Waals surface area contributed by atoms with Crippen molar-refractivity contribution in [3.63, 3.8) is 0 Å². The zero-order valence-corrected chi connectivity index (χ0v) is 34.4. The predicted molar refractivity (Wildman–Crippen MR) is 219 cm³/mol. The molecule has 0 spiro atoms. The van der Waals surface area contributed by atoms with Gasteiger partial charge in [-0.2, -0.15) is 0 Å². The van der Waals surface area contributed by atoms with Crippen LogP contribution >= 0.6 is 0 Å². The van der Waals surface area contributed by atoms with Crippen molar-refractivity contribution in [2.24, 2.45) is 17.8 Å². The molecule has 1 saturated carbocycles. The minimum atomic E-state index is -3.52. The maximum atomic E-state index is 15.0. The molecule has 0 bridgehead atoms. The van der Waals surface area contributed by atoms with E-state index >= 15 is 4.39 Å². The van der Waals surface area contributed by atoms with Gasteiger partial charge in [0.1, 0.15) is 11.1 Å². The number of amides is 2. The summed E-state index contributed by atoms with van der Waals surface area (Å²) in [5.41, 5.74) is 1.84. The monoisotopic (exact) mass is 804 g/mol. The van der Waals surface area contributed by atoms with E-state index in [4.69, 9.17) is 4.74 Å². The van der Waals surface area contributed by atoms with Crippen LogP contribution < -0.4 is 10.2 Å². The smallest absolute Gasteiger partial charge is 0.407 e. The lowest BCUT2D eigenvalue weighted by atomic mass is 9.57. The Morgan fingerprint density at radius 2 is 1.58 bits per heavy atom. The lowest BCUT2D eigenvalue weighted by Gasteiger charge is -2.54. The van der Waals surface area contributed by atoms with Gasteiger partial charge in [-0.3, -0.25) is 9.69 Å². The van der Waals surface area contributed by atoms with Gasteiger partial charge in [0.15, 0.2) is 9.84 Å². The van der Waals surface area contributed by atoms with Gasteiger partial charge in [-0.25, -0.2) is 17.6 Å². The number of carbonyl (C=O) groups excluding carboxylic acids is 2. The van der Waals surface area contributed by atoms with Gasteiger partial charge in [-0.05, 0) is 138 Å². The highest BCUT2D eigenvalue weighted by molar-refractivity contribution is 7.92. The number of nitrogens with one attached hydrogen (secondary N) is 1. The summed E-state index contributed by atoms with van der Waals surface area (Å²) in [5.74, 6) is 0.776. The summed E-state index contributed by atoms with van der Waals surface area (Å²) in [6, 6.07) is 14.6. The van der Waals surface area contributed by atoms with Crippen molar-refractivity contribution in [3.05, 3.63) is 72.1 Å². The number of halogens is 1. The molecule has 57 heavy (non-hydrogen) atoms. The Bertz CT molecular complexity index is 1850. The number of nitrogens with zero attached hydrogens (tertiary/aromatic N) is 5. The Hall–Kier alpha value is -3.52. The van der Waals surface area contributed by atoms with Crippen LogP contribution in [-0.2, 0) is 24.8 Å². The van der Waals surface area contributed by atoms with E-state index in [2.05, 4.69) is 31.0 Å². The molecular weight excluding hydrogens is 744 g/mol. The molecule has 11 nitrogen and oxygen atoms in total. The molecule has 5 heterocycles. The fourth-order valence-corrected chi connectivity index (χ4v) is 12.5. The Kier molecular flexibility index (Phi) is 12.3. The van der Waals surface area contributed by atoms with E-state index in [-0.39, 0.29) is 48.3 Å². The third-order valence-electron chi connectivity index (χ3n) is 14.2. The molecule has 5 saturated heterocycles. The second-order valence-corrected chi connectivity index (χ2v) is 19.8. The number of hydrogen-bond acceptors (Lipinski definition) is 9. The molecule has 1 aliphatic carbocycles. The number of anilines is 1. The van der Waals surface area contributed by atoms with Crippen LogP contribution in [0.1, 0.15) is 56.9 Å². The molecule has 8 rings (SSSR count). The van der Waals surface area contributed by atoms with Gasteiger partial charge in [0.05, 0.1) is 12.0 Å². The molecule has 0 radical (unpaired) electrons. The van der Waals surface area contributed by atoms with E-state index in [9.17, 15) is 18.0 Å². The molecule has 3 unspecified atom stereocenters. The third kappa shape index (κ3) is 8.63. The second kappa shape index (κ2) is 17.4. The molecule has 5 aliphatic heterocycles. The minimum Gasteiger partial charge on any atom is -0.453 e. The van der Waals surface area contributed by atoms with E-state index in [1.165, 1.54) is 26.4 Å². The normalized spacial score (nSPS) is 25.6. The average Bonchev–Trinajstić information content (AvgIpc) is 3.85. The van der Waals surface area contributed by atoms with Gasteiger partial charge in [0, 0.05) is 75.0 Å². The molecule has 0 aromatic heterocycles. The molecule has 310 valence electrons. The molecule has 2 aromatic carbocycles. The number of rotatable bonds is 14. The molecule has 6 aliphatic rings. The molecule has 6 fully saturated rings. The van der Waals surface area contributed by atoms with Crippen LogP contribution in [0.25, 0.3) is 0 Å². The first-order valence-electron chi connectivity index (χ1n) is 21.4. The largest absolute Gasteiger partial charge is 0.453 e. The standard InChI is InChI=1S/C44H61FN6O5S/c1-56-43(53)46-41-11-5-10-40(41)44(32-49-22-7-23-49,35-8-4-9-36(45)26-35)34-17-24-48(25-18-34)27-33-28-50(29-33)37-13-15-38(16-14-37)57(54,55)39-30-51(31-39)42(52)12-6-21-47-19-2-3-20-47/h4,6,8-9,12-16,26,33-34,39-41H,2-3,5,7,10-11,17-25,27-32H2,1H3,(H,46,53). The number of sulfone groups is 1. The van der Waals surface area contributed by atoms with E-state index < -0.39 is 15.1 Å². The van der Waals surface area contributed by atoms with E-state index in [0.29, 0.717) is 16.7 Å². The zero-order valence-electron chi connectivity index (χ0n) is 33.6. The number of piperidine rings is 1. The van der Waals surface area contributed by atoms with Crippen LogP contribution in [0.4, 0.5) is 14.9 Å². The topological polar surface area (TPSA) is 106 Å². The Labute approximate surface area is 338 Å². The van der Waals surface area contributed by atoms with Crippen molar-refractivity contribution in [2.75, 3.05) is 97.1 Å². The van der Waals surface area contributed by atoms with Crippen molar-refractivity contribution in [1.29, 1.82) is 0 Å². The van der Waals surface area contributed by atoms with Gasteiger partial charge in [0.25, 0.3) is 0 Å². The lowest BCUT2D eigenvalue weighted by Crippen LogP contribution is -2.60. The van der Waals surface area contributed by atoms with E-state index in [1.54, 1.807) is 35.2 Å². The van der Waals surface area contributed by atoms with Crippen molar-refractivity contribution >= 4 is 27.5 Å². The number of hydrogen-bond donors (Lipinski definition) is 1. The number of carbonyl (C=O) groups is 2. The van der Waals surface area contributed by atoms with Gasteiger partial charge in [-0.1, -0.05) is 24.6 Å². The zero-order chi connectivity index (χ0) is 39.6. The molecular formula is C44H61FN6O5S. The van der Waals surface area contributed by atoms with Crippen LogP contribution in [0.15, 0.2) is 65.6 Å². The first kappa shape index (κ1) is 40.3. The van der Waals surface area contributed by atoms with Crippen LogP contribution in [0.3, 0.4) is 0 Å². The molecule has 13 heteroatoms. The van der Waals surface area contributed by atoms with Crippen LogP contribution in [0.5, 0.6) is 0 Å². The van der Waals surface area contributed by atoms with Crippen molar-refractivity contribution in [2.45, 2.75) is 73.0 Å². The lowest BCUT2D eigenvalue weighted by molar-refractivity contribution is -0.129. The van der Waals surface area contributed by atoms with Crippen LogP contribution in [-0.4, -0.2) is 144 Å². The number of ether oxygens (including phenoxy) is 1. The summed E-state index contributed by atoms with van der Waals surface area (Å²) in [6.07, 6.45) is 11.7. The minimum absolute atomic E-state index is 0.00808. The van der Waals surface area contributed by atoms with Crippen molar-refractivity contribution in [1.82, 2.24) is 24.9 Å². The number of alkyl carbamates (subject to hydrolysis) is 1. The van der Waals surface area contributed by atoms with Gasteiger partial charge >= 0.3 is 6.09 Å². The second-order valence-electron chi connectivity index (χ2n) is 17.6. The van der Waals surface area contributed by atoms with E-state index in [1.807, 2.05) is 24.3 Å². The summed E-state index contributed by atoms with van der Waals surface area (Å²) >= 11 is 0. The highest BCUT2D eigenvalue weighted by Crippen LogP contribution is 2.51. The predicted octanol–water partition coefficient (Wildman–Crippen LogP) is 4.78. The Morgan fingerprint density at radius 1 is 0.860 bits per heavy atom. The average molecular weight is 805 g/mol. The van der Waals surface area contributed by atoms with Crippen molar-refractivity contribution < 1.29 is 27.1 Å². The molecule has 2 amide bonds. The summed E-state index contributed by atoms with van der Waals surface area (Å²) in [7, 11) is -2.10. The van der Waals surface area contributed by atoms with Crippen molar-refractivity contribution in [3.8, 4) is 0 Å². The fourth-order valence-electron chi connectivity index (χ4n) is 10.9. The number of methoxy groups -OCH3 is 1. The van der Waals surface area contributed by atoms with Crippen LogP contribution in [0.2, 0.25) is 0 Å². The maximum absolute atomic E-state index is 15.0. The number of benzene rings is 2. The van der Waals surface area contributed by atoms with Gasteiger partial charge in [-0.15, -0.1) is 0 Å². The Balaban J connectivity index is 0.846. The van der Waals surface area contributed by atoms with Gasteiger partial charge in [0.2, 0.25) is 5.91 Å². The maximum Gasteiger partial charge on any atom is 0.407 e. The van der Waals surface area contributed by atoms with Gasteiger partial charge < -0.3 is 29.7 Å². The quantitative estimate of drug-likeness (QED) is 0.271. The molecule has 3 atom stereocenters. The Morgan fingerprint density at radius 3 is 2.25 bits per heavy atom. The van der Waals surface area contributed by atoms with Crippen LogP contribution in [0, 0.1) is 23.6 Å². The molecule has 1 N–H and O–H groups in total. The number of likely N-dealkylation sites (tertiary alicyclic amines) is 4. The summed E-state index contributed by atoms with van der Waals surface area (Å²) < 4.78 is 46.8. The first-order valence-corrected chi connectivity index (χ1v) is 23.0. The SMILES string of the molecule is COC(=O)NC1CCCC1C(CN1CCC1)(c1cccc(F)c1)C1CCN(CC2CN(c3ccc(S(=O)(=O)C4CN(C(=O)C=CCN5CCCC5)C4)cc3)C2)CC1. The highest BCUT2D eigenvalue weighted by atomic mass is 32.2. The molecule has 2 aromatic rings.